The van der Waals surface area contributed by atoms with Crippen LogP contribution in [0.1, 0.15) is 68.2 Å². The van der Waals surface area contributed by atoms with Gasteiger partial charge in [0.15, 0.2) is 5.79 Å². The molecule has 136 valence electrons. The maximum absolute atomic E-state index is 5.78. The van der Waals surface area contributed by atoms with Gasteiger partial charge in [0, 0.05) is 19.3 Å². The fraction of sp³-hybridized carbons (Fsp3) is 0.800. The van der Waals surface area contributed by atoms with Crippen LogP contribution in [0.15, 0.2) is 23.5 Å². The summed E-state index contributed by atoms with van der Waals surface area (Å²) in [6.07, 6.45) is 6.35. The molecule has 0 spiro atoms. The van der Waals surface area contributed by atoms with Gasteiger partial charge in [-0.1, -0.05) is 26.3 Å². The molecule has 0 bridgehead atoms. The maximum atomic E-state index is 5.78. The zero-order valence-corrected chi connectivity index (χ0v) is 16.6. The predicted octanol–water partition coefficient (Wildman–Crippen LogP) is 5.71. The van der Waals surface area contributed by atoms with Crippen LogP contribution in [0.4, 0.5) is 0 Å². The Hall–Kier alpha value is -0.800. The Bertz CT molecular complexity index is 363. The zero-order chi connectivity index (χ0) is 17.9. The molecule has 23 heavy (non-hydrogen) atoms. The van der Waals surface area contributed by atoms with Crippen LogP contribution >= 0.6 is 0 Å². The lowest BCUT2D eigenvalue weighted by Gasteiger charge is -2.26. The summed E-state index contributed by atoms with van der Waals surface area (Å²) in [5.74, 6) is 1.54. The Labute approximate surface area is 144 Å². The van der Waals surface area contributed by atoms with Crippen molar-refractivity contribution in [3.8, 4) is 0 Å². The van der Waals surface area contributed by atoms with Crippen molar-refractivity contribution >= 4 is 0 Å². The average molecular weight is 327 g/mol. The quantitative estimate of drug-likeness (QED) is 0.261. The van der Waals surface area contributed by atoms with E-state index in [4.69, 9.17) is 14.2 Å². The van der Waals surface area contributed by atoms with E-state index in [0.717, 1.165) is 24.0 Å². The molecule has 0 aromatic rings. The second-order valence-electron chi connectivity index (χ2n) is 6.61. The third kappa shape index (κ3) is 9.83. The highest BCUT2D eigenvalue weighted by Gasteiger charge is 2.23. The van der Waals surface area contributed by atoms with Crippen molar-refractivity contribution in [1.82, 2.24) is 0 Å². The summed E-state index contributed by atoms with van der Waals surface area (Å²) in [4.78, 5) is 0. The molecular formula is C20H38O3. The van der Waals surface area contributed by atoms with Gasteiger partial charge in [0.25, 0.3) is 0 Å². The Balaban J connectivity index is 5.06. The SMILES string of the molecule is CCOC(C=C(C)CCC(C)C(C)C)=CC(C)(OCC)OCC. The largest absolute Gasteiger partial charge is 0.494 e. The number of ether oxygens (including phenoxy) is 3. The summed E-state index contributed by atoms with van der Waals surface area (Å²) in [5.41, 5.74) is 1.33. The first-order valence-corrected chi connectivity index (χ1v) is 9.08. The van der Waals surface area contributed by atoms with Crippen LogP contribution in [0.25, 0.3) is 0 Å². The number of hydrogen-bond donors (Lipinski definition) is 0. The van der Waals surface area contributed by atoms with E-state index in [1.807, 2.05) is 33.8 Å². The molecule has 0 N–H and O–H groups in total. The summed E-state index contributed by atoms with van der Waals surface area (Å²) in [7, 11) is 0. The van der Waals surface area contributed by atoms with Crippen molar-refractivity contribution < 1.29 is 14.2 Å². The molecule has 0 fully saturated rings. The molecule has 3 heteroatoms. The van der Waals surface area contributed by atoms with Crippen molar-refractivity contribution in [3.63, 3.8) is 0 Å². The monoisotopic (exact) mass is 326 g/mol. The number of allylic oxidation sites excluding steroid dienone is 2. The number of rotatable bonds is 12. The fourth-order valence-corrected chi connectivity index (χ4v) is 2.35. The summed E-state index contributed by atoms with van der Waals surface area (Å²) >= 11 is 0. The molecule has 0 aliphatic rings. The van der Waals surface area contributed by atoms with Crippen LogP contribution in [-0.4, -0.2) is 25.6 Å². The van der Waals surface area contributed by atoms with E-state index in [2.05, 4.69) is 33.8 Å². The van der Waals surface area contributed by atoms with Gasteiger partial charge in [0.05, 0.1) is 6.61 Å². The van der Waals surface area contributed by atoms with Crippen molar-refractivity contribution in [3.05, 3.63) is 23.5 Å². The van der Waals surface area contributed by atoms with Gasteiger partial charge in [-0.15, -0.1) is 0 Å². The lowest BCUT2D eigenvalue weighted by Crippen LogP contribution is -2.30. The van der Waals surface area contributed by atoms with Gasteiger partial charge in [-0.3, -0.25) is 0 Å². The molecule has 0 heterocycles. The minimum atomic E-state index is -0.740. The first-order valence-electron chi connectivity index (χ1n) is 9.08. The topological polar surface area (TPSA) is 27.7 Å². The summed E-state index contributed by atoms with van der Waals surface area (Å²) in [5, 5.41) is 0. The van der Waals surface area contributed by atoms with Crippen molar-refractivity contribution in [2.24, 2.45) is 11.8 Å². The van der Waals surface area contributed by atoms with E-state index in [9.17, 15) is 0 Å². The molecule has 0 amide bonds. The van der Waals surface area contributed by atoms with Crippen LogP contribution in [0.3, 0.4) is 0 Å². The van der Waals surface area contributed by atoms with E-state index in [0.29, 0.717) is 19.8 Å². The first kappa shape index (κ1) is 22.2. The Morgan fingerprint density at radius 2 is 1.57 bits per heavy atom. The third-order valence-electron chi connectivity index (χ3n) is 4.10. The van der Waals surface area contributed by atoms with Crippen LogP contribution in [0.5, 0.6) is 0 Å². The Morgan fingerprint density at radius 3 is 2.00 bits per heavy atom. The molecule has 1 atom stereocenters. The van der Waals surface area contributed by atoms with Gasteiger partial charge in [-0.2, -0.15) is 0 Å². The standard InChI is InChI=1S/C20H38O3/c1-9-21-19(15-20(8,22-10-2)23-11-3)14-17(6)12-13-18(7)16(4)5/h14-16,18H,9-13H2,1-8H3. The predicted molar refractivity (Wildman–Crippen MR) is 98.4 cm³/mol. The summed E-state index contributed by atoms with van der Waals surface area (Å²) in [6, 6.07) is 0. The molecule has 0 saturated heterocycles. The second-order valence-corrected chi connectivity index (χ2v) is 6.61. The van der Waals surface area contributed by atoms with Crippen LogP contribution in [0.2, 0.25) is 0 Å². The van der Waals surface area contributed by atoms with E-state index < -0.39 is 5.79 Å². The molecular weight excluding hydrogens is 288 g/mol. The normalized spacial score (nSPS) is 15.2. The van der Waals surface area contributed by atoms with Crippen molar-refractivity contribution in [2.45, 2.75) is 74.0 Å². The lowest BCUT2D eigenvalue weighted by atomic mass is 9.91. The van der Waals surface area contributed by atoms with Crippen LogP contribution in [0, 0.1) is 11.8 Å². The average Bonchev–Trinajstić information content (AvgIpc) is 2.45. The van der Waals surface area contributed by atoms with Gasteiger partial charge in [0.2, 0.25) is 0 Å². The lowest BCUT2D eigenvalue weighted by molar-refractivity contribution is -0.187. The highest BCUT2D eigenvalue weighted by molar-refractivity contribution is 5.20. The van der Waals surface area contributed by atoms with Crippen LogP contribution < -0.4 is 0 Å². The maximum Gasteiger partial charge on any atom is 0.188 e. The minimum absolute atomic E-state index is 0.598. The molecule has 0 saturated carbocycles. The highest BCUT2D eigenvalue weighted by atomic mass is 16.7. The van der Waals surface area contributed by atoms with Crippen molar-refractivity contribution in [2.75, 3.05) is 19.8 Å². The molecule has 0 aliphatic heterocycles. The minimum Gasteiger partial charge on any atom is -0.494 e. The summed E-state index contributed by atoms with van der Waals surface area (Å²) in [6.45, 7) is 18.8. The molecule has 0 aromatic heterocycles. The Kier molecular flexibility index (Phi) is 11.3. The molecule has 3 nitrogen and oxygen atoms in total. The smallest absolute Gasteiger partial charge is 0.188 e. The van der Waals surface area contributed by atoms with E-state index in [1.54, 1.807) is 0 Å². The fourth-order valence-electron chi connectivity index (χ4n) is 2.35. The zero-order valence-electron chi connectivity index (χ0n) is 16.6. The summed E-state index contributed by atoms with van der Waals surface area (Å²) < 4.78 is 17.3. The van der Waals surface area contributed by atoms with E-state index >= 15 is 0 Å². The van der Waals surface area contributed by atoms with Gasteiger partial charge < -0.3 is 14.2 Å². The molecule has 0 aromatic carbocycles. The number of hydrogen-bond acceptors (Lipinski definition) is 3. The Morgan fingerprint density at radius 1 is 1.00 bits per heavy atom. The molecule has 0 aliphatic carbocycles. The van der Waals surface area contributed by atoms with Gasteiger partial charge in [-0.25, -0.2) is 0 Å². The van der Waals surface area contributed by atoms with Crippen LogP contribution in [-0.2, 0) is 14.2 Å². The van der Waals surface area contributed by atoms with E-state index in [-0.39, 0.29) is 0 Å². The van der Waals surface area contributed by atoms with Gasteiger partial charge in [-0.05, 0) is 65.4 Å². The molecule has 0 radical (unpaired) electrons. The first-order chi connectivity index (χ1) is 10.8. The molecule has 1 unspecified atom stereocenters. The van der Waals surface area contributed by atoms with Crippen molar-refractivity contribution in [1.29, 1.82) is 0 Å². The second kappa shape index (κ2) is 11.7. The third-order valence-corrected chi connectivity index (χ3v) is 4.10. The molecule has 0 rings (SSSR count). The van der Waals surface area contributed by atoms with Gasteiger partial charge >= 0.3 is 0 Å². The highest BCUT2D eigenvalue weighted by Crippen LogP contribution is 2.22. The van der Waals surface area contributed by atoms with E-state index in [1.165, 1.54) is 12.0 Å². The van der Waals surface area contributed by atoms with Gasteiger partial charge in [0.1, 0.15) is 5.76 Å².